The lowest BCUT2D eigenvalue weighted by Gasteiger charge is -2.27. The van der Waals surface area contributed by atoms with Gasteiger partial charge in [0.1, 0.15) is 0 Å². The molecular formula is C15H15NO3S. The van der Waals surface area contributed by atoms with Crippen LogP contribution >= 0.6 is 11.3 Å². The Morgan fingerprint density at radius 1 is 1.35 bits per heavy atom. The second-order valence-electron chi connectivity index (χ2n) is 5.09. The fraction of sp³-hybridized carbons (Fsp3) is 0.333. The van der Waals surface area contributed by atoms with E-state index in [9.17, 15) is 14.7 Å². The van der Waals surface area contributed by atoms with Crippen LogP contribution in [0.2, 0.25) is 0 Å². The standard InChI is InChI=1S/C15H15NO3S/c1-9(17)16(10-6-7-10)14(15(18)19)12-8-20-13-5-3-2-4-11(12)13/h2-5,8,10,14H,6-7H2,1H3,(H,18,19). The average molecular weight is 289 g/mol. The monoisotopic (exact) mass is 289 g/mol. The van der Waals surface area contributed by atoms with Gasteiger partial charge in [0.15, 0.2) is 6.04 Å². The van der Waals surface area contributed by atoms with Gasteiger partial charge in [-0.3, -0.25) is 4.79 Å². The Morgan fingerprint density at radius 2 is 2.05 bits per heavy atom. The Hall–Kier alpha value is -1.88. The molecular weight excluding hydrogens is 274 g/mol. The third kappa shape index (κ3) is 2.18. The third-order valence-electron chi connectivity index (χ3n) is 3.62. The predicted octanol–water partition coefficient (Wildman–Crippen LogP) is 3.04. The van der Waals surface area contributed by atoms with Crippen molar-refractivity contribution in [1.29, 1.82) is 0 Å². The largest absolute Gasteiger partial charge is 0.479 e. The van der Waals surface area contributed by atoms with E-state index in [1.54, 1.807) is 0 Å². The molecule has 1 N–H and O–H groups in total. The number of carboxylic acid groups (broad SMARTS) is 1. The van der Waals surface area contributed by atoms with Crippen LogP contribution in [0.15, 0.2) is 29.6 Å². The van der Waals surface area contributed by atoms with E-state index in [0.717, 1.165) is 28.5 Å². The van der Waals surface area contributed by atoms with E-state index in [4.69, 9.17) is 0 Å². The second-order valence-corrected chi connectivity index (χ2v) is 6.00. The van der Waals surface area contributed by atoms with E-state index in [1.807, 2.05) is 29.6 Å². The van der Waals surface area contributed by atoms with Crippen molar-refractivity contribution < 1.29 is 14.7 Å². The topological polar surface area (TPSA) is 57.6 Å². The van der Waals surface area contributed by atoms with Crippen LogP contribution in [0.25, 0.3) is 10.1 Å². The number of benzene rings is 1. The van der Waals surface area contributed by atoms with Crippen LogP contribution in [0.1, 0.15) is 31.4 Å². The first kappa shape index (κ1) is 13.1. The van der Waals surface area contributed by atoms with Crippen LogP contribution in [0.3, 0.4) is 0 Å². The van der Waals surface area contributed by atoms with Gasteiger partial charge < -0.3 is 10.0 Å². The van der Waals surface area contributed by atoms with Gasteiger partial charge >= 0.3 is 5.97 Å². The summed E-state index contributed by atoms with van der Waals surface area (Å²) in [7, 11) is 0. The molecule has 1 saturated carbocycles. The maximum Gasteiger partial charge on any atom is 0.331 e. The molecule has 0 bridgehead atoms. The Bertz CT molecular complexity index is 675. The van der Waals surface area contributed by atoms with Gasteiger partial charge in [0.25, 0.3) is 0 Å². The summed E-state index contributed by atoms with van der Waals surface area (Å²) in [6.45, 7) is 1.45. The molecule has 1 unspecified atom stereocenters. The number of carbonyl (C=O) groups excluding carboxylic acids is 1. The molecule has 1 atom stereocenters. The summed E-state index contributed by atoms with van der Waals surface area (Å²) >= 11 is 1.52. The molecule has 1 aromatic carbocycles. The Labute approximate surface area is 120 Å². The van der Waals surface area contributed by atoms with Crippen molar-refractivity contribution in [3.8, 4) is 0 Å². The van der Waals surface area contributed by atoms with Crippen molar-refractivity contribution in [2.75, 3.05) is 0 Å². The Morgan fingerprint density at radius 3 is 2.65 bits per heavy atom. The number of hydrogen-bond acceptors (Lipinski definition) is 3. The second kappa shape index (κ2) is 4.90. The number of nitrogens with zero attached hydrogens (tertiary/aromatic N) is 1. The molecule has 1 aliphatic rings. The van der Waals surface area contributed by atoms with Crippen molar-refractivity contribution >= 4 is 33.3 Å². The van der Waals surface area contributed by atoms with Gasteiger partial charge in [0, 0.05) is 23.2 Å². The zero-order valence-electron chi connectivity index (χ0n) is 11.1. The number of hydrogen-bond donors (Lipinski definition) is 1. The number of carbonyl (C=O) groups is 2. The molecule has 4 nitrogen and oxygen atoms in total. The molecule has 0 saturated heterocycles. The highest BCUT2D eigenvalue weighted by Crippen LogP contribution is 2.39. The molecule has 0 radical (unpaired) electrons. The van der Waals surface area contributed by atoms with E-state index in [0.29, 0.717) is 0 Å². The van der Waals surface area contributed by atoms with Crippen molar-refractivity contribution in [1.82, 2.24) is 4.90 Å². The molecule has 0 aliphatic heterocycles. The summed E-state index contributed by atoms with van der Waals surface area (Å²) in [5.74, 6) is -1.13. The predicted molar refractivity (Wildman–Crippen MR) is 77.7 cm³/mol. The van der Waals surface area contributed by atoms with E-state index < -0.39 is 12.0 Å². The number of carboxylic acids is 1. The molecule has 2 aromatic rings. The quantitative estimate of drug-likeness (QED) is 0.941. The summed E-state index contributed by atoms with van der Waals surface area (Å²) in [6.07, 6.45) is 1.79. The summed E-state index contributed by atoms with van der Waals surface area (Å²) in [4.78, 5) is 25.1. The van der Waals surface area contributed by atoms with Crippen LogP contribution in [0.4, 0.5) is 0 Å². The molecule has 5 heteroatoms. The maximum absolute atomic E-state index is 11.9. The minimum absolute atomic E-state index is 0.0762. The van der Waals surface area contributed by atoms with E-state index in [-0.39, 0.29) is 11.9 Å². The van der Waals surface area contributed by atoms with Crippen molar-refractivity contribution in [3.05, 3.63) is 35.2 Å². The van der Waals surface area contributed by atoms with Crippen LogP contribution in [-0.4, -0.2) is 27.9 Å². The molecule has 1 aromatic heterocycles. The summed E-state index contributed by atoms with van der Waals surface area (Å²) in [5, 5.41) is 12.4. The number of rotatable bonds is 4. The Kier molecular flexibility index (Phi) is 3.22. The highest BCUT2D eigenvalue weighted by molar-refractivity contribution is 7.17. The van der Waals surface area contributed by atoms with Gasteiger partial charge in [0.05, 0.1) is 0 Å². The molecule has 0 spiro atoms. The van der Waals surface area contributed by atoms with Gasteiger partial charge in [-0.25, -0.2) is 4.79 Å². The zero-order valence-corrected chi connectivity index (χ0v) is 11.9. The maximum atomic E-state index is 11.9. The molecule has 1 heterocycles. The van der Waals surface area contributed by atoms with Gasteiger partial charge in [-0.05, 0) is 29.7 Å². The average Bonchev–Trinajstić information content (AvgIpc) is 3.15. The van der Waals surface area contributed by atoms with E-state index in [2.05, 4.69) is 0 Å². The minimum atomic E-state index is -0.962. The smallest absolute Gasteiger partial charge is 0.331 e. The highest BCUT2D eigenvalue weighted by atomic mass is 32.1. The molecule has 3 rings (SSSR count). The molecule has 1 fully saturated rings. The molecule has 20 heavy (non-hydrogen) atoms. The first-order valence-corrected chi connectivity index (χ1v) is 7.45. The SMILES string of the molecule is CC(=O)N(C1CC1)C(C(=O)O)c1csc2ccccc12. The fourth-order valence-electron chi connectivity index (χ4n) is 2.61. The van der Waals surface area contributed by atoms with E-state index >= 15 is 0 Å². The van der Waals surface area contributed by atoms with Crippen LogP contribution in [-0.2, 0) is 9.59 Å². The summed E-state index contributed by atoms with van der Waals surface area (Å²) < 4.78 is 1.05. The minimum Gasteiger partial charge on any atom is -0.479 e. The molecule has 1 aliphatic carbocycles. The van der Waals surface area contributed by atoms with Crippen LogP contribution in [0, 0.1) is 0 Å². The summed E-state index contributed by atoms with van der Waals surface area (Å²) in [6, 6.07) is 6.91. The zero-order chi connectivity index (χ0) is 14.3. The number of aliphatic carboxylic acids is 1. The van der Waals surface area contributed by atoms with Crippen LogP contribution < -0.4 is 0 Å². The highest BCUT2D eigenvalue weighted by Gasteiger charge is 2.40. The van der Waals surface area contributed by atoms with Gasteiger partial charge in [-0.2, -0.15) is 0 Å². The lowest BCUT2D eigenvalue weighted by Crippen LogP contribution is -2.39. The van der Waals surface area contributed by atoms with Gasteiger partial charge in [-0.1, -0.05) is 18.2 Å². The van der Waals surface area contributed by atoms with Crippen molar-refractivity contribution in [2.45, 2.75) is 31.8 Å². The van der Waals surface area contributed by atoms with Crippen LogP contribution in [0.5, 0.6) is 0 Å². The number of fused-ring (bicyclic) bond motifs is 1. The molecule has 104 valence electrons. The lowest BCUT2D eigenvalue weighted by atomic mass is 10.0. The number of thiophene rings is 1. The molecule has 1 amide bonds. The van der Waals surface area contributed by atoms with Crippen molar-refractivity contribution in [3.63, 3.8) is 0 Å². The fourth-order valence-corrected chi connectivity index (χ4v) is 3.59. The van der Waals surface area contributed by atoms with Gasteiger partial charge in [-0.15, -0.1) is 11.3 Å². The number of amides is 1. The normalized spacial score (nSPS) is 16.1. The summed E-state index contributed by atoms with van der Waals surface area (Å²) in [5.41, 5.74) is 0.722. The lowest BCUT2D eigenvalue weighted by molar-refractivity contribution is -0.150. The van der Waals surface area contributed by atoms with Crippen molar-refractivity contribution in [2.24, 2.45) is 0 Å². The first-order valence-electron chi connectivity index (χ1n) is 6.57. The Balaban J connectivity index is 2.10. The third-order valence-corrected chi connectivity index (χ3v) is 4.60. The first-order chi connectivity index (χ1) is 9.59. The van der Waals surface area contributed by atoms with E-state index in [1.165, 1.54) is 23.2 Å². The van der Waals surface area contributed by atoms with Gasteiger partial charge in [0.2, 0.25) is 5.91 Å².